The lowest BCUT2D eigenvalue weighted by atomic mass is 9.95. The van der Waals surface area contributed by atoms with E-state index in [1.54, 1.807) is 0 Å². The Morgan fingerprint density at radius 2 is 0.982 bits per heavy atom. The van der Waals surface area contributed by atoms with Gasteiger partial charge in [-0.15, -0.1) is 0 Å². The number of aliphatic imine (C=N–C) groups is 2. The van der Waals surface area contributed by atoms with Gasteiger partial charge in [0.2, 0.25) is 0 Å². The number of rotatable bonds is 6. The molecule has 1 aromatic heterocycles. The van der Waals surface area contributed by atoms with E-state index in [-0.39, 0.29) is 6.17 Å². The summed E-state index contributed by atoms with van der Waals surface area (Å²) in [5, 5.41) is 10.6. The van der Waals surface area contributed by atoms with Gasteiger partial charge < -0.3 is 9.73 Å². The molecule has 2 heterocycles. The molecule has 0 saturated carbocycles. The van der Waals surface area contributed by atoms with Crippen LogP contribution in [0.2, 0.25) is 0 Å². The van der Waals surface area contributed by atoms with Crippen LogP contribution in [0.15, 0.2) is 215 Å². The molecule has 1 atom stereocenters. The molecule has 1 unspecified atom stereocenters. The molecular formula is C53H35N3O. The van der Waals surface area contributed by atoms with Crippen LogP contribution in [0.3, 0.4) is 0 Å². The number of nitrogens with one attached hydrogen (secondary N) is 1. The van der Waals surface area contributed by atoms with E-state index in [1.807, 2.05) is 24.3 Å². The Morgan fingerprint density at radius 1 is 0.404 bits per heavy atom. The summed E-state index contributed by atoms with van der Waals surface area (Å²) in [5.74, 6) is 1.50. The van der Waals surface area contributed by atoms with Crippen LogP contribution in [-0.2, 0) is 0 Å². The van der Waals surface area contributed by atoms with Gasteiger partial charge in [0.1, 0.15) is 23.2 Å². The van der Waals surface area contributed by atoms with Crippen LogP contribution in [0.5, 0.6) is 0 Å². The van der Waals surface area contributed by atoms with Crippen LogP contribution >= 0.6 is 0 Å². The minimum atomic E-state index is -0.289. The zero-order valence-corrected chi connectivity index (χ0v) is 30.9. The van der Waals surface area contributed by atoms with Crippen molar-refractivity contribution < 1.29 is 4.42 Å². The highest BCUT2D eigenvalue weighted by Gasteiger charge is 2.22. The average Bonchev–Trinajstić information content (AvgIpc) is 3.67. The quantitative estimate of drug-likeness (QED) is 0.185. The van der Waals surface area contributed by atoms with Crippen molar-refractivity contribution in [3.8, 4) is 33.4 Å². The molecule has 0 aliphatic carbocycles. The Morgan fingerprint density at radius 3 is 1.79 bits per heavy atom. The number of furan rings is 1. The molecule has 268 valence electrons. The molecule has 0 saturated heterocycles. The average molecular weight is 730 g/mol. The molecule has 4 nitrogen and oxygen atoms in total. The fourth-order valence-electron chi connectivity index (χ4n) is 8.15. The Hall–Kier alpha value is -7.56. The Bertz CT molecular complexity index is 3200. The number of hydrogen-bond donors (Lipinski definition) is 1. The van der Waals surface area contributed by atoms with E-state index >= 15 is 0 Å². The van der Waals surface area contributed by atoms with Crippen molar-refractivity contribution in [3.05, 3.63) is 217 Å². The fourth-order valence-corrected chi connectivity index (χ4v) is 8.15. The molecule has 1 aliphatic rings. The summed E-state index contributed by atoms with van der Waals surface area (Å²) in [7, 11) is 0. The van der Waals surface area contributed by atoms with Crippen molar-refractivity contribution in [3.63, 3.8) is 0 Å². The number of hydrogen-bond acceptors (Lipinski definition) is 4. The first-order chi connectivity index (χ1) is 28.2. The molecule has 0 amide bonds. The molecule has 0 spiro atoms. The van der Waals surface area contributed by atoms with Crippen molar-refractivity contribution in [2.24, 2.45) is 9.98 Å². The molecule has 0 bridgehead atoms. The maximum Gasteiger partial charge on any atom is 0.159 e. The monoisotopic (exact) mass is 729 g/mol. The highest BCUT2D eigenvalue weighted by Crippen LogP contribution is 2.40. The summed E-state index contributed by atoms with van der Waals surface area (Å²) in [6.45, 7) is 0. The summed E-state index contributed by atoms with van der Waals surface area (Å²) >= 11 is 0. The topological polar surface area (TPSA) is 49.9 Å². The van der Waals surface area contributed by atoms with Crippen molar-refractivity contribution in [2.45, 2.75) is 6.17 Å². The third kappa shape index (κ3) is 6.05. The van der Waals surface area contributed by atoms with Crippen LogP contribution in [0.4, 0.5) is 0 Å². The van der Waals surface area contributed by atoms with Gasteiger partial charge in [0.25, 0.3) is 0 Å². The summed E-state index contributed by atoms with van der Waals surface area (Å²) < 4.78 is 6.42. The lowest BCUT2D eigenvalue weighted by Gasteiger charge is -2.24. The molecule has 10 aromatic rings. The SMILES string of the molecule is c1ccc(C2=NC(c3ccc4cc(-c5cccc6oc7ccc(-c8ccc9ccccc9c8)cc7c56)ccc4c3)=NC(c3ccc(-c4ccccc4)cc3)N2)cc1. The zero-order chi connectivity index (χ0) is 37.7. The summed E-state index contributed by atoms with van der Waals surface area (Å²) in [6, 6.07) is 70.7. The number of nitrogens with zero attached hydrogens (tertiary/aromatic N) is 2. The van der Waals surface area contributed by atoms with Crippen molar-refractivity contribution in [1.29, 1.82) is 0 Å². The summed E-state index contributed by atoms with van der Waals surface area (Å²) in [5.41, 5.74) is 11.8. The maximum atomic E-state index is 6.42. The van der Waals surface area contributed by atoms with Crippen LogP contribution in [0, 0.1) is 0 Å². The van der Waals surface area contributed by atoms with Crippen LogP contribution in [0.1, 0.15) is 22.9 Å². The highest BCUT2D eigenvalue weighted by molar-refractivity contribution is 6.15. The first kappa shape index (κ1) is 32.8. The first-order valence-electron chi connectivity index (χ1n) is 19.3. The van der Waals surface area contributed by atoms with E-state index in [2.05, 4.69) is 181 Å². The van der Waals surface area contributed by atoms with E-state index in [1.165, 1.54) is 33.0 Å². The van der Waals surface area contributed by atoms with E-state index in [4.69, 9.17) is 14.4 Å². The van der Waals surface area contributed by atoms with Crippen LogP contribution in [0.25, 0.3) is 76.9 Å². The highest BCUT2D eigenvalue weighted by atomic mass is 16.3. The van der Waals surface area contributed by atoms with Gasteiger partial charge in [-0.1, -0.05) is 164 Å². The van der Waals surface area contributed by atoms with Crippen molar-refractivity contribution >= 4 is 55.2 Å². The zero-order valence-electron chi connectivity index (χ0n) is 30.9. The molecule has 11 rings (SSSR count). The lowest BCUT2D eigenvalue weighted by molar-refractivity contribution is 0.669. The predicted octanol–water partition coefficient (Wildman–Crippen LogP) is 13.4. The van der Waals surface area contributed by atoms with Gasteiger partial charge in [-0.25, -0.2) is 9.98 Å². The van der Waals surface area contributed by atoms with Gasteiger partial charge in [-0.3, -0.25) is 0 Å². The standard InChI is InChI=1S/C53H35N3O/c1-3-10-34(11-4-1)36-18-21-38(22-19-36)52-54-51(37-13-5-2-6-14-37)55-53(56-52)45-27-25-41-31-44(26-24-42(41)32-45)46-16-9-17-49-50(46)47-33-43(28-29-48(47)57-49)40-23-20-35-12-7-8-15-39(35)30-40/h1-33,52H,(H,54,55,56). The second-order valence-electron chi connectivity index (χ2n) is 14.6. The summed E-state index contributed by atoms with van der Waals surface area (Å²) in [4.78, 5) is 10.3. The van der Waals surface area contributed by atoms with Gasteiger partial charge in [0.15, 0.2) is 5.84 Å². The Kier molecular flexibility index (Phi) is 7.85. The van der Waals surface area contributed by atoms with Crippen molar-refractivity contribution in [1.82, 2.24) is 5.32 Å². The molecule has 1 N–H and O–H groups in total. The molecule has 0 radical (unpaired) electrons. The van der Waals surface area contributed by atoms with Gasteiger partial charge in [-0.2, -0.15) is 0 Å². The van der Waals surface area contributed by atoms with E-state index < -0.39 is 0 Å². The lowest BCUT2D eigenvalue weighted by Crippen LogP contribution is -2.33. The Balaban J connectivity index is 0.958. The van der Waals surface area contributed by atoms with Crippen LogP contribution < -0.4 is 5.32 Å². The Labute approximate surface area is 330 Å². The largest absolute Gasteiger partial charge is 0.456 e. The van der Waals surface area contributed by atoms with E-state index in [0.717, 1.165) is 66.4 Å². The molecule has 4 heteroatoms. The number of benzene rings is 9. The van der Waals surface area contributed by atoms with E-state index in [9.17, 15) is 0 Å². The predicted molar refractivity (Wildman–Crippen MR) is 237 cm³/mol. The minimum absolute atomic E-state index is 0.289. The smallest absolute Gasteiger partial charge is 0.159 e. The number of fused-ring (bicyclic) bond motifs is 5. The van der Waals surface area contributed by atoms with Crippen molar-refractivity contribution in [2.75, 3.05) is 0 Å². The van der Waals surface area contributed by atoms with E-state index in [0.29, 0.717) is 5.84 Å². The molecule has 0 fully saturated rings. The van der Waals surface area contributed by atoms with Crippen LogP contribution in [-0.4, -0.2) is 11.7 Å². The molecule has 9 aromatic carbocycles. The van der Waals surface area contributed by atoms with Gasteiger partial charge in [0.05, 0.1) is 0 Å². The first-order valence-corrected chi connectivity index (χ1v) is 19.3. The third-order valence-corrected chi connectivity index (χ3v) is 11.1. The maximum absolute atomic E-state index is 6.42. The molecule has 1 aliphatic heterocycles. The minimum Gasteiger partial charge on any atom is -0.456 e. The molecule has 57 heavy (non-hydrogen) atoms. The summed E-state index contributed by atoms with van der Waals surface area (Å²) in [6.07, 6.45) is -0.289. The number of amidine groups is 2. The van der Waals surface area contributed by atoms with Gasteiger partial charge in [-0.05, 0) is 96.9 Å². The normalized spacial score (nSPS) is 14.1. The molecular weight excluding hydrogens is 695 g/mol. The third-order valence-electron chi connectivity index (χ3n) is 11.1. The second-order valence-corrected chi connectivity index (χ2v) is 14.6. The van der Waals surface area contributed by atoms with Gasteiger partial charge >= 0.3 is 0 Å². The second kappa shape index (κ2) is 13.6. The van der Waals surface area contributed by atoms with Gasteiger partial charge in [0, 0.05) is 21.9 Å². The fraction of sp³-hybridized carbons (Fsp3) is 0.0189.